The van der Waals surface area contributed by atoms with Gasteiger partial charge in [-0.2, -0.15) is 4.98 Å². The van der Waals surface area contributed by atoms with Crippen LogP contribution in [-0.2, 0) is 23.2 Å². The maximum atomic E-state index is 12.3. The van der Waals surface area contributed by atoms with Crippen molar-refractivity contribution >= 4 is 5.91 Å². The number of hydrogen-bond acceptors (Lipinski definition) is 4. The second kappa shape index (κ2) is 6.38. The van der Waals surface area contributed by atoms with Crippen molar-refractivity contribution < 1.29 is 9.32 Å². The van der Waals surface area contributed by atoms with E-state index in [-0.39, 0.29) is 17.4 Å². The van der Waals surface area contributed by atoms with Crippen LogP contribution in [0.4, 0.5) is 0 Å². The van der Waals surface area contributed by atoms with Gasteiger partial charge in [-0.1, -0.05) is 57.1 Å². The third-order valence-corrected chi connectivity index (χ3v) is 4.59. The molecular weight excluding hydrogens is 302 g/mol. The van der Waals surface area contributed by atoms with Gasteiger partial charge in [-0.05, 0) is 23.0 Å². The Hall–Kier alpha value is -2.17. The predicted octanol–water partition coefficient (Wildman–Crippen LogP) is 3.79. The van der Waals surface area contributed by atoms with Crippen LogP contribution in [0.1, 0.15) is 69.4 Å². The van der Waals surface area contributed by atoms with Gasteiger partial charge in [-0.3, -0.25) is 4.79 Å². The first-order chi connectivity index (χ1) is 11.4. The standard InChI is InChI=1S/C19H25N3O2/c1-5-16-20-18(24-21-16)15-10-11-17(23)22(15)12-13-6-8-14(9-7-13)19(2,3)4/h6-9,15H,5,10-12H2,1-4H3. The molecule has 0 spiro atoms. The zero-order chi connectivity index (χ0) is 17.3. The second-order valence-electron chi connectivity index (χ2n) is 7.43. The van der Waals surface area contributed by atoms with Gasteiger partial charge in [0.1, 0.15) is 6.04 Å². The first kappa shape index (κ1) is 16.7. The molecule has 5 nitrogen and oxygen atoms in total. The predicted molar refractivity (Wildman–Crippen MR) is 91.3 cm³/mol. The third kappa shape index (κ3) is 3.35. The van der Waals surface area contributed by atoms with Gasteiger partial charge in [0, 0.05) is 19.4 Å². The van der Waals surface area contributed by atoms with Crippen molar-refractivity contribution in [2.45, 2.75) is 65.0 Å². The summed E-state index contributed by atoms with van der Waals surface area (Å²) in [4.78, 5) is 18.6. The highest BCUT2D eigenvalue weighted by Gasteiger charge is 2.35. The van der Waals surface area contributed by atoms with E-state index in [4.69, 9.17) is 4.52 Å². The summed E-state index contributed by atoms with van der Waals surface area (Å²) in [6.45, 7) is 9.16. The minimum atomic E-state index is -0.104. The molecule has 1 saturated heterocycles. The summed E-state index contributed by atoms with van der Waals surface area (Å²) >= 11 is 0. The first-order valence-corrected chi connectivity index (χ1v) is 8.60. The van der Waals surface area contributed by atoms with Crippen molar-refractivity contribution in [2.75, 3.05) is 0 Å². The maximum absolute atomic E-state index is 12.3. The number of likely N-dealkylation sites (tertiary alicyclic amines) is 1. The average Bonchev–Trinajstić information content (AvgIpc) is 3.14. The lowest BCUT2D eigenvalue weighted by Crippen LogP contribution is -2.27. The number of aryl methyl sites for hydroxylation is 1. The van der Waals surface area contributed by atoms with Crippen LogP contribution in [0.25, 0.3) is 0 Å². The van der Waals surface area contributed by atoms with Crippen molar-refractivity contribution in [2.24, 2.45) is 0 Å². The van der Waals surface area contributed by atoms with E-state index in [2.05, 4.69) is 55.2 Å². The van der Waals surface area contributed by atoms with Gasteiger partial charge in [0.05, 0.1) is 0 Å². The summed E-state index contributed by atoms with van der Waals surface area (Å²) in [7, 11) is 0. The van der Waals surface area contributed by atoms with Gasteiger partial charge in [0.25, 0.3) is 0 Å². The molecule has 128 valence electrons. The normalized spacial score (nSPS) is 18.4. The molecule has 1 fully saturated rings. The van der Waals surface area contributed by atoms with Crippen LogP contribution in [0.3, 0.4) is 0 Å². The summed E-state index contributed by atoms with van der Waals surface area (Å²) < 4.78 is 5.36. The Bertz CT molecular complexity index is 713. The van der Waals surface area contributed by atoms with Gasteiger partial charge >= 0.3 is 0 Å². The monoisotopic (exact) mass is 327 g/mol. The molecule has 2 heterocycles. The third-order valence-electron chi connectivity index (χ3n) is 4.59. The average molecular weight is 327 g/mol. The van der Waals surface area contributed by atoms with E-state index >= 15 is 0 Å². The molecule has 1 aromatic carbocycles. The van der Waals surface area contributed by atoms with E-state index < -0.39 is 0 Å². The molecule has 1 amide bonds. The highest BCUT2D eigenvalue weighted by molar-refractivity contribution is 5.78. The number of carbonyl (C=O) groups excluding carboxylic acids is 1. The summed E-state index contributed by atoms with van der Waals surface area (Å²) in [6.07, 6.45) is 2.01. The Kier molecular flexibility index (Phi) is 4.43. The van der Waals surface area contributed by atoms with Crippen LogP contribution in [0.15, 0.2) is 28.8 Å². The molecule has 1 aliphatic rings. The van der Waals surface area contributed by atoms with Crippen LogP contribution in [0.2, 0.25) is 0 Å². The molecule has 1 unspecified atom stereocenters. The van der Waals surface area contributed by atoms with Crippen LogP contribution < -0.4 is 0 Å². The van der Waals surface area contributed by atoms with Crippen LogP contribution >= 0.6 is 0 Å². The van der Waals surface area contributed by atoms with Gasteiger partial charge in [0.15, 0.2) is 5.82 Å². The van der Waals surface area contributed by atoms with Crippen molar-refractivity contribution in [1.82, 2.24) is 15.0 Å². The molecule has 0 saturated carbocycles. The number of benzene rings is 1. The van der Waals surface area contributed by atoms with Gasteiger partial charge in [-0.15, -0.1) is 0 Å². The molecule has 0 aliphatic carbocycles. The van der Waals surface area contributed by atoms with E-state index in [0.29, 0.717) is 24.7 Å². The van der Waals surface area contributed by atoms with Gasteiger partial charge in [-0.25, -0.2) is 0 Å². The summed E-state index contributed by atoms with van der Waals surface area (Å²) in [5.41, 5.74) is 2.55. The first-order valence-electron chi connectivity index (χ1n) is 8.60. The summed E-state index contributed by atoms with van der Waals surface area (Å²) in [5.74, 6) is 1.40. The molecule has 5 heteroatoms. The zero-order valence-corrected chi connectivity index (χ0v) is 14.9. The number of aromatic nitrogens is 2. The molecule has 0 bridgehead atoms. The van der Waals surface area contributed by atoms with Crippen molar-refractivity contribution in [3.8, 4) is 0 Å². The number of rotatable bonds is 4. The lowest BCUT2D eigenvalue weighted by atomic mass is 9.87. The quantitative estimate of drug-likeness (QED) is 0.857. The summed E-state index contributed by atoms with van der Waals surface area (Å²) in [6, 6.07) is 8.40. The number of carbonyl (C=O) groups is 1. The van der Waals surface area contributed by atoms with E-state index in [1.165, 1.54) is 5.56 Å². The van der Waals surface area contributed by atoms with E-state index in [1.807, 2.05) is 11.8 Å². The van der Waals surface area contributed by atoms with Crippen molar-refractivity contribution in [1.29, 1.82) is 0 Å². The molecule has 0 radical (unpaired) electrons. The highest BCUT2D eigenvalue weighted by atomic mass is 16.5. The lowest BCUT2D eigenvalue weighted by molar-refractivity contribution is -0.129. The second-order valence-corrected chi connectivity index (χ2v) is 7.43. The molecule has 2 aromatic rings. The molecule has 24 heavy (non-hydrogen) atoms. The topological polar surface area (TPSA) is 59.2 Å². The Morgan fingerprint density at radius 1 is 1.25 bits per heavy atom. The smallest absolute Gasteiger partial charge is 0.249 e. The lowest BCUT2D eigenvalue weighted by Gasteiger charge is -2.23. The fourth-order valence-electron chi connectivity index (χ4n) is 3.04. The van der Waals surface area contributed by atoms with Crippen LogP contribution in [-0.4, -0.2) is 20.9 Å². The van der Waals surface area contributed by atoms with Crippen molar-refractivity contribution in [3.05, 3.63) is 47.1 Å². The summed E-state index contributed by atoms with van der Waals surface area (Å²) in [5, 5.41) is 3.96. The molecule has 1 aromatic heterocycles. The number of amides is 1. The zero-order valence-electron chi connectivity index (χ0n) is 14.9. The fraction of sp³-hybridized carbons (Fsp3) is 0.526. The number of hydrogen-bond donors (Lipinski definition) is 0. The van der Waals surface area contributed by atoms with Crippen LogP contribution in [0.5, 0.6) is 0 Å². The largest absolute Gasteiger partial charge is 0.337 e. The Morgan fingerprint density at radius 3 is 2.54 bits per heavy atom. The molecule has 1 atom stereocenters. The highest BCUT2D eigenvalue weighted by Crippen LogP contribution is 2.33. The minimum Gasteiger partial charge on any atom is -0.337 e. The molecule has 0 N–H and O–H groups in total. The SMILES string of the molecule is CCc1noc(C2CCC(=O)N2Cc2ccc(C(C)(C)C)cc2)n1. The van der Waals surface area contributed by atoms with E-state index in [0.717, 1.165) is 18.4 Å². The van der Waals surface area contributed by atoms with Gasteiger partial charge in [0.2, 0.25) is 11.8 Å². The number of nitrogens with zero attached hydrogens (tertiary/aromatic N) is 3. The maximum Gasteiger partial charge on any atom is 0.249 e. The van der Waals surface area contributed by atoms with Crippen molar-refractivity contribution in [3.63, 3.8) is 0 Å². The van der Waals surface area contributed by atoms with E-state index in [9.17, 15) is 4.79 Å². The molecule has 3 rings (SSSR count). The molecule has 1 aliphatic heterocycles. The minimum absolute atomic E-state index is 0.104. The van der Waals surface area contributed by atoms with Gasteiger partial charge < -0.3 is 9.42 Å². The van der Waals surface area contributed by atoms with E-state index in [1.54, 1.807) is 0 Å². The molecular formula is C19H25N3O2. The Morgan fingerprint density at radius 2 is 1.96 bits per heavy atom. The van der Waals surface area contributed by atoms with Crippen LogP contribution in [0, 0.1) is 0 Å². The fourth-order valence-corrected chi connectivity index (χ4v) is 3.04. The Labute approximate surface area is 143 Å². The Balaban J connectivity index is 1.77.